The fourth-order valence-corrected chi connectivity index (χ4v) is 2.21. The average Bonchev–Trinajstić information content (AvgIpc) is 2.90. The van der Waals surface area contributed by atoms with Crippen LogP contribution >= 0.6 is 11.8 Å². The summed E-state index contributed by atoms with van der Waals surface area (Å²) in [7, 11) is 0. The number of hydrogen-bond donors (Lipinski definition) is 1. The minimum atomic E-state index is -4.26. The summed E-state index contributed by atoms with van der Waals surface area (Å²) >= 11 is 0.630. The lowest BCUT2D eigenvalue weighted by atomic mass is 10.3. The molecule has 0 radical (unpaired) electrons. The molecule has 1 heterocycles. The highest BCUT2D eigenvalue weighted by atomic mass is 32.2. The lowest BCUT2D eigenvalue weighted by Crippen LogP contribution is -2.13. The Morgan fingerprint density at radius 1 is 1.25 bits per heavy atom. The van der Waals surface area contributed by atoms with Crippen LogP contribution in [0, 0.1) is 0 Å². The van der Waals surface area contributed by atoms with E-state index in [-0.39, 0.29) is 0 Å². The van der Waals surface area contributed by atoms with E-state index < -0.39 is 17.8 Å². The summed E-state index contributed by atoms with van der Waals surface area (Å²) in [4.78, 5) is 12.2. The lowest BCUT2D eigenvalue weighted by Gasteiger charge is -2.11. The van der Waals surface area contributed by atoms with Crippen molar-refractivity contribution >= 4 is 23.4 Å². The second-order valence-electron chi connectivity index (χ2n) is 3.87. The van der Waals surface area contributed by atoms with Crippen LogP contribution in [-0.2, 0) is 0 Å². The molecule has 3 nitrogen and oxygen atoms in total. The number of carbonyl (C=O) groups is 1. The number of para-hydroxylation sites is 1. The quantitative estimate of drug-likeness (QED) is 0.861. The van der Waals surface area contributed by atoms with Crippen molar-refractivity contribution in [3.63, 3.8) is 0 Å². The fraction of sp³-hybridized carbons (Fsp3) is 0.154. The molecule has 0 spiro atoms. The van der Waals surface area contributed by atoms with Crippen molar-refractivity contribution < 1.29 is 22.4 Å². The molecule has 20 heavy (non-hydrogen) atoms. The number of rotatable bonds is 4. The number of thioether (sulfide) groups is 1. The van der Waals surface area contributed by atoms with Gasteiger partial charge >= 0.3 is 6.18 Å². The highest BCUT2D eigenvalue weighted by molar-refractivity contribution is 7.99. The van der Waals surface area contributed by atoms with E-state index in [2.05, 4.69) is 5.32 Å². The molecule has 0 unspecified atom stereocenters. The van der Waals surface area contributed by atoms with E-state index in [0.717, 1.165) is 0 Å². The van der Waals surface area contributed by atoms with Gasteiger partial charge in [0.2, 0.25) is 0 Å². The van der Waals surface area contributed by atoms with E-state index in [9.17, 15) is 18.0 Å². The van der Waals surface area contributed by atoms with Crippen LogP contribution in [0.15, 0.2) is 52.2 Å². The molecule has 0 saturated heterocycles. The number of nitrogens with one attached hydrogen (secondary N) is 1. The molecule has 0 saturated carbocycles. The van der Waals surface area contributed by atoms with Gasteiger partial charge in [-0.15, -0.1) is 11.8 Å². The minimum Gasteiger partial charge on any atom is -0.472 e. The van der Waals surface area contributed by atoms with E-state index in [4.69, 9.17) is 4.42 Å². The zero-order chi connectivity index (χ0) is 14.6. The first kappa shape index (κ1) is 14.5. The molecule has 1 aromatic heterocycles. The SMILES string of the molecule is O=C(Nc1ccccc1SCC(F)(F)F)c1ccoc1. The molecule has 0 aliphatic heterocycles. The van der Waals surface area contributed by atoms with Gasteiger partial charge < -0.3 is 9.73 Å². The standard InChI is InChI=1S/C13H10F3NO2S/c14-13(15,16)8-20-11-4-2-1-3-10(11)17-12(18)9-5-6-19-7-9/h1-7H,8H2,(H,17,18). The summed E-state index contributed by atoms with van der Waals surface area (Å²) in [6.07, 6.45) is -1.65. The predicted octanol–water partition coefficient (Wildman–Crippen LogP) is 4.19. The minimum absolute atomic E-state index is 0.306. The molecule has 0 aliphatic carbocycles. The van der Waals surface area contributed by atoms with Gasteiger partial charge in [-0.3, -0.25) is 4.79 Å². The Morgan fingerprint density at radius 3 is 2.65 bits per heavy atom. The highest BCUT2D eigenvalue weighted by Gasteiger charge is 2.27. The van der Waals surface area contributed by atoms with Crippen molar-refractivity contribution in [2.24, 2.45) is 0 Å². The first-order valence-corrected chi connectivity index (χ1v) is 6.56. The Morgan fingerprint density at radius 2 is 2.00 bits per heavy atom. The van der Waals surface area contributed by atoms with Gasteiger partial charge in [-0.05, 0) is 18.2 Å². The van der Waals surface area contributed by atoms with E-state index in [1.54, 1.807) is 18.2 Å². The molecule has 2 aromatic rings. The predicted molar refractivity (Wildman–Crippen MR) is 69.9 cm³/mol. The molecule has 0 aliphatic rings. The van der Waals surface area contributed by atoms with Crippen LogP contribution in [0.1, 0.15) is 10.4 Å². The van der Waals surface area contributed by atoms with Gasteiger partial charge in [0.05, 0.1) is 23.3 Å². The van der Waals surface area contributed by atoms with Crippen molar-refractivity contribution in [2.45, 2.75) is 11.1 Å². The third-order valence-corrected chi connectivity index (χ3v) is 3.45. The summed E-state index contributed by atoms with van der Waals surface area (Å²) in [5, 5.41) is 2.56. The molecule has 1 amide bonds. The van der Waals surface area contributed by atoms with Crippen LogP contribution in [0.5, 0.6) is 0 Å². The smallest absolute Gasteiger partial charge is 0.398 e. The van der Waals surface area contributed by atoms with Gasteiger partial charge in [0, 0.05) is 4.90 Å². The van der Waals surface area contributed by atoms with Crippen LogP contribution < -0.4 is 5.32 Å². The number of benzene rings is 1. The maximum absolute atomic E-state index is 12.2. The number of carbonyl (C=O) groups excluding carboxylic acids is 1. The van der Waals surface area contributed by atoms with Crippen LogP contribution in [0.3, 0.4) is 0 Å². The number of alkyl halides is 3. The van der Waals surface area contributed by atoms with Crippen LogP contribution in [0.25, 0.3) is 0 Å². The topological polar surface area (TPSA) is 42.2 Å². The fourth-order valence-electron chi connectivity index (χ4n) is 1.44. The lowest BCUT2D eigenvalue weighted by molar-refractivity contribution is -0.105. The van der Waals surface area contributed by atoms with E-state index in [1.807, 2.05) is 0 Å². The maximum Gasteiger partial charge on any atom is 0.398 e. The van der Waals surface area contributed by atoms with E-state index in [1.165, 1.54) is 24.7 Å². The van der Waals surface area contributed by atoms with Crippen molar-refractivity contribution in [3.8, 4) is 0 Å². The van der Waals surface area contributed by atoms with Crippen molar-refractivity contribution in [3.05, 3.63) is 48.4 Å². The summed E-state index contributed by atoms with van der Waals surface area (Å²) in [6.45, 7) is 0. The molecule has 1 aromatic carbocycles. The van der Waals surface area contributed by atoms with Gasteiger partial charge in [-0.2, -0.15) is 13.2 Å². The normalized spacial score (nSPS) is 11.3. The molecular formula is C13H10F3NO2S. The summed E-state index contributed by atoms with van der Waals surface area (Å²) in [6, 6.07) is 7.81. The van der Waals surface area contributed by atoms with E-state index in [0.29, 0.717) is 27.9 Å². The van der Waals surface area contributed by atoms with Crippen molar-refractivity contribution in [2.75, 3.05) is 11.1 Å². The van der Waals surface area contributed by atoms with Crippen molar-refractivity contribution in [1.82, 2.24) is 0 Å². The molecule has 0 atom stereocenters. The molecule has 7 heteroatoms. The van der Waals surface area contributed by atoms with Gasteiger partial charge in [0.25, 0.3) is 5.91 Å². The third-order valence-electron chi connectivity index (χ3n) is 2.31. The average molecular weight is 301 g/mol. The monoisotopic (exact) mass is 301 g/mol. The maximum atomic E-state index is 12.2. The molecule has 0 fully saturated rings. The van der Waals surface area contributed by atoms with Gasteiger partial charge in [-0.1, -0.05) is 12.1 Å². The van der Waals surface area contributed by atoms with Gasteiger partial charge in [0.15, 0.2) is 0 Å². The van der Waals surface area contributed by atoms with Crippen molar-refractivity contribution in [1.29, 1.82) is 0 Å². The second kappa shape index (κ2) is 6.04. The molecule has 1 N–H and O–H groups in total. The highest BCUT2D eigenvalue weighted by Crippen LogP contribution is 2.32. The molecule has 2 rings (SSSR count). The van der Waals surface area contributed by atoms with Gasteiger partial charge in [0.1, 0.15) is 6.26 Å². The van der Waals surface area contributed by atoms with Crippen LogP contribution in [0.2, 0.25) is 0 Å². The van der Waals surface area contributed by atoms with Crippen LogP contribution in [-0.4, -0.2) is 17.8 Å². The molecular weight excluding hydrogens is 291 g/mol. The Hall–Kier alpha value is -1.89. The van der Waals surface area contributed by atoms with Crippen LogP contribution in [0.4, 0.5) is 18.9 Å². The Labute approximate surface area is 117 Å². The second-order valence-corrected chi connectivity index (χ2v) is 4.88. The number of anilines is 1. The number of halogens is 3. The van der Waals surface area contributed by atoms with E-state index >= 15 is 0 Å². The third kappa shape index (κ3) is 4.06. The zero-order valence-electron chi connectivity index (χ0n) is 10.1. The number of hydrogen-bond acceptors (Lipinski definition) is 3. The zero-order valence-corrected chi connectivity index (χ0v) is 10.9. The Bertz CT molecular complexity index is 582. The Balaban J connectivity index is 2.10. The number of furan rings is 1. The summed E-state index contributed by atoms with van der Waals surface area (Å²) in [5.41, 5.74) is 0.647. The molecule has 106 valence electrons. The summed E-state index contributed by atoms with van der Waals surface area (Å²) in [5.74, 6) is -1.44. The first-order chi connectivity index (χ1) is 9.46. The van der Waals surface area contributed by atoms with Gasteiger partial charge in [-0.25, -0.2) is 0 Å². The molecule has 0 bridgehead atoms. The first-order valence-electron chi connectivity index (χ1n) is 5.58. The number of amides is 1. The largest absolute Gasteiger partial charge is 0.472 e. The Kier molecular flexibility index (Phi) is 4.39. The summed E-state index contributed by atoms with van der Waals surface area (Å²) < 4.78 is 41.5.